The lowest BCUT2D eigenvalue weighted by Gasteiger charge is -2.30. The highest BCUT2D eigenvalue weighted by Gasteiger charge is 2.31. The monoisotopic (exact) mass is 375 g/mol. The number of sulfonamides is 1. The van der Waals surface area contributed by atoms with Gasteiger partial charge in [-0.1, -0.05) is 17.7 Å². The molecule has 0 saturated heterocycles. The normalized spacial score (nSPS) is 14.8. The Labute approximate surface area is 155 Å². The molecule has 0 saturated carbocycles. The minimum Gasteiger partial charge on any atom is -0.493 e. The van der Waals surface area contributed by atoms with E-state index < -0.39 is 10.0 Å². The number of methoxy groups -OCH3 is 2. The van der Waals surface area contributed by atoms with Gasteiger partial charge in [-0.05, 0) is 61.6 Å². The summed E-state index contributed by atoms with van der Waals surface area (Å²) in [5.41, 5.74) is 4.72. The van der Waals surface area contributed by atoms with Gasteiger partial charge < -0.3 is 9.47 Å². The van der Waals surface area contributed by atoms with E-state index in [1.165, 1.54) is 0 Å². The van der Waals surface area contributed by atoms with E-state index in [0.717, 1.165) is 27.8 Å². The highest BCUT2D eigenvalue weighted by atomic mass is 32.2. The summed E-state index contributed by atoms with van der Waals surface area (Å²) in [5.74, 6) is 1.29. The molecular weight excluding hydrogens is 350 g/mol. The number of hydrogen-bond acceptors (Lipinski definition) is 4. The number of hydrogen-bond donors (Lipinski definition) is 0. The van der Waals surface area contributed by atoms with Crippen molar-refractivity contribution in [3.05, 3.63) is 52.1 Å². The van der Waals surface area contributed by atoms with E-state index in [4.69, 9.17) is 9.47 Å². The molecule has 2 aromatic rings. The van der Waals surface area contributed by atoms with Crippen molar-refractivity contribution < 1.29 is 17.9 Å². The third-order valence-corrected chi connectivity index (χ3v) is 7.04. The van der Waals surface area contributed by atoms with Crippen LogP contribution in [0, 0.1) is 20.8 Å². The number of rotatable bonds is 4. The van der Waals surface area contributed by atoms with Crippen LogP contribution in [0.3, 0.4) is 0 Å². The van der Waals surface area contributed by atoms with Crippen LogP contribution in [-0.4, -0.2) is 33.5 Å². The zero-order valence-electron chi connectivity index (χ0n) is 15.9. The van der Waals surface area contributed by atoms with Crippen molar-refractivity contribution in [3.8, 4) is 11.5 Å². The predicted octanol–water partition coefficient (Wildman–Crippen LogP) is 3.38. The van der Waals surface area contributed by atoms with E-state index in [0.29, 0.717) is 35.9 Å². The quantitative estimate of drug-likeness (QED) is 0.822. The van der Waals surface area contributed by atoms with Crippen molar-refractivity contribution in [1.29, 1.82) is 0 Å². The Morgan fingerprint density at radius 3 is 1.96 bits per heavy atom. The van der Waals surface area contributed by atoms with Crippen molar-refractivity contribution in [2.75, 3.05) is 20.8 Å². The summed E-state index contributed by atoms with van der Waals surface area (Å²) >= 11 is 0. The van der Waals surface area contributed by atoms with Crippen molar-refractivity contribution in [2.24, 2.45) is 0 Å². The van der Waals surface area contributed by atoms with Crippen LogP contribution < -0.4 is 9.47 Å². The van der Waals surface area contributed by atoms with Crippen LogP contribution in [0.1, 0.15) is 27.8 Å². The van der Waals surface area contributed by atoms with Crippen molar-refractivity contribution in [3.63, 3.8) is 0 Å². The van der Waals surface area contributed by atoms with E-state index in [9.17, 15) is 8.42 Å². The van der Waals surface area contributed by atoms with Gasteiger partial charge in [-0.15, -0.1) is 0 Å². The molecule has 6 heteroatoms. The summed E-state index contributed by atoms with van der Waals surface area (Å²) in [7, 11) is -0.369. The summed E-state index contributed by atoms with van der Waals surface area (Å²) in [6, 6.07) is 7.67. The first-order chi connectivity index (χ1) is 12.3. The largest absolute Gasteiger partial charge is 0.493 e. The number of aryl methyl sites for hydroxylation is 3. The minimum absolute atomic E-state index is 0.338. The molecule has 0 spiro atoms. The maximum Gasteiger partial charge on any atom is 0.243 e. The first-order valence-electron chi connectivity index (χ1n) is 8.59. The van der Waals surface area contributed by atoms with E-state index in [1.54, 1.807) is 18.5 Å². The molecule has 0 aliphatic carbocycles. The fraction of sp³-hybridized carbons (Fsp3) is 0.400. The molecule has 1 heterocycles. The first kappa shape index (κ1) is 18.7. The molecule has 0 fully saturated rings. The van der Waals surface area contributed by atoms with Crippen molar-refractivity contribution in [2.45, 2.75) is 38.6 Å². The van der Waals surface area contributed by atoms with E-state index in [2.05, 4.69) is 0 Å². The Bertz CT molecular complexity index is 928. The molecule has 0 atom stereocenters. The van der Waals surface area contributed by atoms with Gasteiger partial charge in [0.2, 0.25) is 10.0 Å². The summed E-state index contributed by atoms with van der Waals surface area (Å²) in [5, 5.41) is 0. The lowest BCUT2D eigenvalue weighted by atomic mass is 10.0. The van der Waals surface area contributed by atoms with Gasteiger partial charge in [0.25, 0.3) is 0 Å². The topological polar surface area (TPSA) is 55.8 Å². The smallest absolute Gasteiger partial charge is 0.243 e. The third-order valence-electron chi connectivity index (χ3n) is 4.89. The van der Waals surface area contributed by atoms with Crippen LogP contribution in [0.4, 0.5) is 0 Å². The predicted molar refractivity (Wildman–Crippen MR) is 101 cm³/mol. The summed E-state index contributed by atoms with van der Waals surface area (Å²) in [6.45, 7) is 6.49. The Hall–Kier alpha value is -2.05. The summed E-state index contributed by atoms with van der Waals surface area (Å²) < 4.78 is 38.9. The van der Waals surface area contributed by atoms with Gasteiger partial charge in [0.15, 0.2) is 11.5 Å². The Morgan fingerprint density at radius 2 is 1.42 bits per heavy atom. The SMILES string of the molecule is COc1cc2c(cc1OC)CN(S(=O)(=O)c1c(C)cc(C)cc1C)CC2. The van der Waals surface area contributed by atoms with Crippen LogP contribution in [-0.2, 0) is 23.0 Å². The molecule has 0 amide bonds. The second-order valence-electron chi connectivity index (χ2n) is 6.79. The molecule has 0 aromatic heterocycles. The average molecular weight is 375 g/mol. The maximum absolute atomic E-state index is 13.3. The van der Waals surface area contributed by atoms with Crippen LogP contribution in [0.5, 0.6) is 11.5 Å². The van der Waals surface area contributed by atoms with E-state index in [1.807, 2.05) is 45.0 Å². The van der Waals surface area contributed by atoms with Gasteiger partial charge in [0.05, 0.1) is 19.1 Å². The second-order valence-corrected chi connectivity index (χ2v) is 8.67. The molecule has 0 N–H and O–H groups in total. The second kappa shape index (κ2) is 6.93. The molecule has 1 aliphatic heterocycles. The zero-order chi connectivity index (χ0) is 19.1. The minimum atomic E-state index is -3.56. The van der Waals surface area contributed by atoms with Gasteiger partial charge in [-0.3, -0.25) is 0 Å². The molecule has 0 bridgehead atoms. The van der Waals surface area contributed by atoms with Gasteiger partial charge in [0, 0.05) is 13.1 Å². The number of fused-ring (bicyclic) bond motifs is 1. The molecule has 0 radical (unpaired) electrons. The molecular formula is C20H25NO4S. The van der Waals surface area contributed by atoms with E-state index in [-0.39, 0.29) is 0 Å². The molecule has 5 nitrogen and oxygen atoms in total. The van der Waals surface area contributed by atoms with Gasteiger partial charge in [-0.2, -0.15) is 4.31 Å². The van der Waals surface area contributed by atoms with Crippen LogP contribution in [0.25, 0.3) is 0 Å². The molecule has 1 aliphatic rings. The van der Waals surface area contributed by atoms with E-state index >= 15 is 0 Å². The molecule has 2 aromatic carbocycles. The Morgan fingerprint density at radius 1 is 0.885 bits per heavy atom. The Kier molecular flexibility index (Phi) is 4.99. The lowest BCUT2D eigenvalue weighted by molar-refractivity contribution is 0.348. The Balaban J connectivity index is 2.00. The molecule has 140 valence electrons. The fourth-order valence-corrected chi connectivity index (χ4v) is 5.60. The van der Waals surface area contributed by atoms with Crippen LogP contribution in [0.2, 0.25) is 0 Å². The summed E-state index contributed by atoms with van der Waals surface area (Å²) in [6.07, 6.45) is 0.652. The first-order valence-corrected chi connectivity index (χ1v) is 10.0. The van der Waals surface area contributed by atoms with Crippen molar-refractivity contribution in [1.82, 2.24) is 4.31 Å². The van der Waals surface area contributed by atoms with Gasteiger partial charge in [0.1, 0.15) is 0 Å². The third kappa shape index (κ3) is 3.19. The molecule has 3 rings (SSSR count). The highest BCUT2D eigenvalue weighted by molar-refractivity contribution is 7.89. The number of benzene rings is 2. The summed E-state index contributed by atoms with van der Waals surface area (Å²) in [4.78, 5) is 0.423. The van der Waals surface area contributed by atoms with Gasteiger partial charge in [-0.25, -0.2) is 8.42 Å². The maximum atomic E-state index is 13.3. The highest BCUT2D eigenvalue weighted by Crippen LogP contribution is 2.35. The van der Waals surface area contributed by atoms with Crippen molar-refractivity contribution >= 4 is 10.0 Å². The standard InChI is InChI=1S/C20H25NO4S/c1-13-8-14(2)20(15(3)9-13)26(22,23)21-7-6-16-10-18(24-4)19(25-5)11-17(16)12-21/h8-11H,6-7,12H2,1-5H3. The molecule has 0 unspecified atom stereocenters. The lowest BCUT2D eigenvalue weighted by Crippen LogP contribution is -2.36. The van der Waals surface area contributed by atoms with Crippen LogP contribution in [0.15, 0.2) is 29.2 Å². The number of ether oxygens (including phenoxy) is 2. The number of nitrogens with zero attached hydrogens (tertiary/aromatic N) is 1. The van der Waals surface area contributed by atoms with Gasteiger partial charge >= 0.3 is 0 Å². The zero-order valence-corrected chi connectivity index (χ0v) is 16.7. The van der Waals surface area contributed by atoms with Crippen LogP contribution >= 0.6 is 0 Å². The molecule has 26 heavy (non-hydrogen) atoms. The fourth-order valence-electron chi connectivity index (χ4n) is 3.77. The average Bonchev–Trinajstić information content (AvgIpc) is 2.58.